The number of carbonyl (C=O) groups excluding carboxylic acids is 2. The third kappa shape index (κ3) is 4.49. The van der Waals surface area contributed by atoms with Crippen LogP contribution in [0.2, 0.25) is 0 Å². The van der Waals surface area contributed by atoms with E-state index in [1.54, 1.807) is 17.0 Å². The molecule has 2 aromatic carbocycles. The Labute approximate surface area is 188 Å². The third-order valence-electron chi connectivity index (χ3n) is 5.91. The van der Waals surface area contributed by atoms with Crippen molar-refractivity contribution < 1.29 is 22.7 Å². The van der Waals surface area contributed by atoms with Crippen LogP contribution in [0.15, 0.2) is 53.4 Å². The average molecular weight is 458 g/mol. The first-order chi connectivity index (χ1) is 15.4. The van der Waals surface area contributed by atoms with E-state index in [0.717, 1.165) is 25.7 Å². The van der Waals surface area contributed by atoms with Gasteiger partial charge in [0.2, 0.25) is 16.1 Å². The van der Waals surface area contributed by atoms with Crippen LogP contribution < -0.4 is 10.5 Å². The molecule has 0 aliphatic carbocycles. The fraction of sp³-hybridized carbons (Fsp3) is 0.391. The van der Waals surface area contributed by atoms with E-state index >= 15 is 0 Å². The Morgan fingerprint density at radius 3 is 2.16 bits per heavy atom. The minimum atomic E-state index is -3.73. The number of hydrogen-bond donors (Lipinski definition) is 1. The van der Waals surface area contributed by atoms with Crippen LogP contribution in [-0.4, -0.2) is 55.6 Å². The van der Waals surface area contributed by atoms with Gasteiger partial charge in [0.15, 0.2) is 0 Å². The van der Waals surface area contributed by atoms with Gasteiger partial charge in [-0.3, -0.25) is 9.59 Å². The first-order valence-corrected chi connectivity index (χ1v) is 12.3. The second kappa shape index (κ2) is 9.30. The number of nitrogens with two attached hydrogens (primary N) is 1. The standard InChI is InChI=1S/C23H27N3O5S/c24-22(27)19-16-18(32(29,30)26-14-6-7-15-26)10-11-20(19)31-21(17-8-2-1-3-9-17)23(28)25-12-4-5-13-25/h1-3,8-11,16,21H,4-7,12-15H2,(H2,24,27). The lowest BCUT2D eigenvalue weighted by Crippen LogP contribution is -2.35. The number of amides is 2. The third-order valence-corrected chi connectivity index (χ3v) is 7.80. The molecular weight excluding hydrogens is 430 g/mol. The number of hydrogen-bond acceptors (Lipinski definition) is 5. The highest BCUT2D eigenvalue weighted by Crippen LogP contribution is 2.31. The molecule has 2 N–H and O–H groups in total. The summed E-state index contributed by atoms with van der Waals surface area (Å²) < 4.78 is 33.3. The molecule has 0 spiro atoms. The largest absolute Gasteiger partial charge is 0.475 e. The van der Waals surface area contributed by atoms with Crippen molar-refractivity contribution in [2.24, 2.45) is 5.73 Å². The number of rotatable bonds is 7. The van der Waals surface area contributed by atoms with Gasteiger partial charge in [-0.05, 0) is 43.9 Å². The lowest BCUT2D eigenvalue weighted by atomic mass is 10.1. The zero-order valence-corrected chi connectivity index (χ0v) is 18.6. The fourth-order valence-electron chi connectivity index (χ4n) is 4.16. The highest BCUT2D eigenvalue weighted by atomic mass is 32.2. The van der Waals surface area contributed by atoms with E-state index in [-0.39, 0.29) is 22.1 Å². The van der Waals surface area contributed by atoms with Gasteiger partial charge in [0.1, 0.15) is 5.75 Å². The molecule has 2 aliphatic heterocycles. The van der Waals surface area contributed by atoms with Crippen LogP contribution in [0.3, 0.4) is 0 Å². The topological polar surface area (TPSA) is 110 Å². The van der Waals surface area contributed by atoms with Gasteiger partial charge in [0.25, 0.3) is 11.8 Å². The Kier molecular flexibility index (Phi) is 6.48. The van der Waals surface area contributed by atoms with Gasteiger partial charge in [-0.15, -0.1) is 0 Å². The quantitative estimate of drug-likeness (QED) is 0.686. The zero-order chi connectivity index (χ0) is 22.7. The molecule has 2 saturated heterocycles. The van der Waals surface area contributed by atoms with Crippen LogP contribution in [0, 0.1) is 0 Å². The zero-order valence-electron chi connectivity index (χ0n) is 17.8. The Bertz CT molecular complexity index is 1090. The summed E-state index contributed by atoms with van der Waals surface area (Å²) in [5.41, 5.74) is 6.15. The monoisotopic (exact) mass is 457 g/mol. The van der Waals surface area contributed by atoms with Gasteiger partial charge < -0.3 is 15.4 Å². The summed E-state index contributed by atoms with van der Waals surface area (Å²) >= 11 is 0. The van der Waals surface area contributed by atoms with E-state index in [2.05, 4.69) is 0 Å². The SMILES string of the molecule is NC(=O)c1cc(S(=O)(=O)N2CCCC2)ccc1OC(C(=O)N1CCCC1)c1ccccc1. The van der Waals surface area contributed by atoms with Crippen molar-refractivity contribution in [2.45, 2.75) is 36.7 Å². The van der Waals surface area contributed by atoms with Crippen molar-refractivity contribution in [3.63, 3.8) is 0 Å². The van der Waals surface area contributed by atoms with E-state index in [0.29, 0.717) is 31.7 Å². The van der Waals surface area contributed by atoms with Crippen molar-refractivity contribution in [1.29, 1.82) is 0 Å². The Morgan fingerprint density at radius 1 is 0.906 bits per heavy atom. The maximum atomic E-state index is 13.2. The molecule has 0 radical (unpaired) electrons. The first kappa shape index (κ1) is 22.3. The minimum absolute atomic E-state index is 0.0114. The van der Waals surface area contributed by atoms with E-state index in [1.807, 2.05) is 18.2 Å². The molecule has 1 unspecified atom stereocenters. The van der Waals surface area contributed by atoms with Crippen LogP contribution in [0.4, 0.5) is 0 Å². The molecule has 1 atom stereocenters. The van der Waals surface area contributed by atoms with Gasteiger partial charge in [-0.25, -0.2) is 8.42 Å². The molecule has 0 aromatic heterocycles. The van der Waals surface area contributed by atoms with Gasteiger partial charge in [0.05, 0.1) is 10.5 Å². The predicted molar refractivity (Wildman–Crippen MR) is 119 cm³/mol. The lowest BCUT2D eigenvalue weighted by molar-refractivity contribution is -0.138. The Hall–Kier alpha value is -2.91. The number of likely N-dealkylation sites (tertiary alicyclic amines) is 1. The molecule has 32 heavy (non-hydrogen) atoms. The first-order valence-electron chi connectivity index (χ1n) is 10.8. The normalized spacial score (nSPS) is 17.9. The van der Waals surface area contributed by atoms with Crippen molar-refractivity contribution >= 4 is 21.8 Å². The highest BCUT2D eigenvalue weighted by molar-refractivity contribution is 7.89. The molecule has 0 bridgehead atoms. The molecule has 2 fully saturated rings. The summed E-state index contributed by atoms with van der Waals surface area (Å²) in [7, 11) is -3.73. The van der Waals surface area contributed by atoms with Crippen LogP contribution >= 0.6 is 0 Å². The molecule has 8 nitrogen and oxygen atoms in total. The number of ether oxygens (including phenoxy) is 1. The number of nitrogens with zero attached hydrogens (tertiary/aromatic N) is 2. The van der Waals surface area contributed by atoms with E-state index in [4.69, 9.17) is 10.5 Å². The smallest absolute Gasteiger partial charge is 0.268 e. The molecule has 0 saturated carbocycles. The van der Waals surface area contributed by atoms with E-state index < -0.39 is 22.0 Å². The second-order valence-electron chi connectivity index (χ2n) is 8.07. The molecule has 2 amide bonds. The van der Waals surface area contributed by atoms with Crippen LogP contribution in [0.25, 0.3) is 0 Å². The maximum absolute atomic E-state index is 13.2. The molecule has 2 heterocycles. The number of carbonyl (C=O) groups is 2. The highest BCUT2D eigenvalue weighted by Gasteiger charge is 2.32. The Balaban J connectivity index is 1.69. The molecule has 170 valence electrons. The second-order valence-corrected chi connectivity index (χ2v) is 10.0. The van der Waals surface area contributed by atoms with Crippen molar-refractivity contribution in [3.8, 4) is 5.75 Å². The molecule has 2 aromatic rings. The minimum Gasteiger partial charge on any atom is -0.475 e. The summed E-state index contributed by atoms with van der Waals surface area (Å²) in [6.07, 6.45) is 2.51. The van der Waals surface area contributed by atoms with E-state index in [1.165, 1.54) is 22.5 Å². The van der Waals surface area contributed by atoms with Crippen molar-refractivity contribution in [1.82, 2.24) is 9.21 Å². The van der Waals surface area contributed by atoms with Gasteiger partial charge in [-0.2, -0.15) is 4.31 Å². The van der Waals surface area contributed by atoms with Gasteiger partial charge in [0, 0.05) is 31.7 Å². The molecule has 4 rings (SSSR count). The number of benzene rings is 2. The van der Waals surface area contributed by atoms with Gasteiger partial charge in [-0.1, -0.05) is 30.3 Å². The van der Waals surface area contributed by atoms with Crippen molar-refractivity contribution in [2.75, 3.05) is 26.2 Å². The molecule has 2 aliphatic rings. The summed E-state index contributed by atoms with van der Waals surface area (Å²) in [6, 6.07) is 13.1. The fourth-order valence-corrected chi connectivity index (χ4v) is 5.71. The molecular formula is C23H27N3O5S. The van der Waals surface area contributed by atoms with Gasteiger partial charge >= 0.3 is 0 Å². The lowest BCUT2D eigenvalue weighted by Gasteiger charge is -2.25. The average Bonchev–Trinajstić information content (AvgIpc) is 3.52. The Morgan fingerprint density at radius 2 is 1.53 bits per heavy atom. The number of sulfonamides is 1. The molecule has 9 heteroatoms. The summed E-state index contributed by atoms with van der Waals surface area (Å²) in [5, 5.41) is 0. The summed E-state index contributed by atoms with van der Waals surface area (Å²) in [5.74, 6) is -0.934. The maximum Gasteiger partial charge on any atom is 0.268 e. The van der Waals surface area contributed by atoms with E-state index in [9.17, 15) is 18.0 Å². The van der Waals surface area contributed by atoms with Crippen LogP contribution in [-0.2, 0) is 14.8 Å². The summed E-state index contributed by atoms with van der Waals surface area (Å²) in [6.45, 7) is 2.21. The van der Waals surface area contributed by atoms with Crippen LogP contribution in [0.5, 0.6) is 5.75 Å². The van der Waals surface area contributed by atoms with Crippen LogP contribution in [0.1, 0.15) is 47.7 Å². The number of primary amides is 1. The predicted octanol–water partition coefficient (Wildman–Crippen LogP) is 2.31. The van der Waals surface area contributed by atoms with Crippen molar-refractivity contribution in [3.05, 3.63) is 59.7 Å². The summed E-state index contributed by atoms with van der Waals surface area (Å²) in [4.78, 5) is 27.2.